The van der Waals surface area contributed by atoms with Crippen LogP contribution < -0.4 is 0 Å². The lowest BCUT2D eigenvalue weighted by molar-refractivity contribution is -0.138. The molecular weight excluding hydrogens is 186 g/mol. The van der Waals surface area contributed by atoms with Crippen LogP contribution in [-0.2, 0) is 14.3 Å². The number of ether oxygens (including phenoxy) is 2. The van der Waals surface area contributed by atoms with E-state index in [4.69, 9.17) is 9.84 Å². The van der Waals surface area contributed by atoms with Gasteiger partial charge in [-0.15, -0.1) is 0 Å². The minimum atomic E-state index is -0.682. The fourth-order valence-corrected chi connectivity index (χ4v) is 0.553. The molecule has 0 bridgehead atoms. The van der Waals surface area contributed by atoms with Gasteiger partial charge in [-0.2, -0.15) is 0 Å². The van der Waals surface area contributed by atoms with Crippen LogP contribution in [0, 0.1) is 0 Å². The van der Waals surface area contributed by atoms with E-state index in [1.165, 1.54) is 0 Å². The summed E-state index contributed by atoms with van der Waals surface area (Å²) in [7, 11) is 0. The van der Waals surface area contributed by atoms with Crippen LogP contribution in [0.5, 0.6) is 0 Å². The van der Waals surface area contributed by atoms with E-state index in [0.717, 1.165) is 6.40 Å². The Bertz CT molecular complexity index is 233. The maximum Gasteiger partial charge on any atom is 0.360 e. The molecule has 14 heavy (non-hydrogen) atoms. The van der Waals surface area contributed by atoms with Crippen LogP contribution >= 0.6 is 0 Å². The molecular formula is C9H15NO4. The van der Waals surface area contributed by atoms with Gasteiger partial charge in [-0.25, -0.2) is 9.79 Å². The third-order valence-corrected chi connectivity index (χ3v) is 1.13. The minimum Gasteiger partial charge on any atom is -0.513 e. The Hall–Kier alpha value is -1.52. The number of aliphatic hydroxyl groups is 1. The van der Waals surface area contributed by atoms with Gasteiger partial charge in [0, 0.05) is 0 Å². The van der Waals surface area contributed by atoms with E-state index in [0.29, 0.717) is 6.26 Å². The SMILES string of the molecule is CCOC(=O)/C(=C/O)N=COC(C)C. The van der Waals surface area contributed by atoms with E-state index < -0.39 is 5.97 Å². The van der Waals surface area contributed by atoms with E-state index in [-0.39, 0.29) is 18.4 Å². The molecule has 0 unspecified atom stereocenters. The zero-order valence-electron chi connectivity index (χ0n) is 8.56. The first-order valence-electron chi connectivity index (χ1n) is 4.31. The third kappa shape index (κ3) is 5.18. The summed E-state index contributed by atoms with van der Waals surface area (Å²) in [5.41, 5.74) is -0.187. The van der Waals surface area contributed by atoms with E-state index in [1.807, 2.05) is 13.8 Å². The van der Waals surface area contributed by atoms with Crippen molar-refractivity contribution in [3.8, 4) is 0 Å². The molecule has 0 radical (unpaired) electrons. The zero-order valence-corrected chi connectivity index (χ0v) is 8.56. The average Bonchev–Trinajstić information content (AvgIpc) is 2.12. The van der Waals surface area contributed by atoms with Gasteiger partial charge < -0.3 is 14.6 Å². The lowest BCUT2D eigenvalue weighted by Gasteiger charge is -2.03. The largest absolute Gasteiger partial charge is 0.513 e. The average molecular weight is 201 g/mol. The maximum absolute atomic E-state index is 11.0. The highest BCUT2D eigenvalue weighted by atomic mass is 16.5. The van der Waals surface area contributed by atoms with Gasteiger partial charge in [-0.3, -0.25) is 0 Å². The predicted molar refractivity (Wildman–Crippen MR) is 52.1 cm³/mol. The summed E-state index contributed by atoms with van der Waals surface area (Å²) in [6, 6.07) is 0. The van der Waals surface area contributed by atoms with Gasteiger partial charge in [-0.05, 0) is 20.8 Å². The molecule has 5 heteroatoms. The van der Waals surface area contributed by atoms with Crippen LogP contribution in [0.2, 0.25) is 0 Å². The second-order valence-electron chi connectivity index (χ2n) is 2.65. The quantitative estimate of drug-likeness (QED) is 0.240. The molecule has 0 atom stereocenters. The van der Waals surface area contributed by atoms with E-state index >= 15 is 0 Å². The second-order valence-corrected chi connectivity index (χ2v) is 2.65. The Morgan fingerprint density at radius 1 is 1.57 bits per heavy atom. The van der Waals surface area contributed by atoms with Gasteiger partial charge in [0.2, 0.25) is 0 Å². The molecule has 0 saturated heterocycles. The van der Waals surface area contributed by atoms with Crippen molar-refractivity contribution in [2.24, 2.45) is 4.99 Å². The number of aliphatic imine (C=N–C) groups is 1. The fraction of sp³-hybridized carbons (Fsp3) is 0.556. The topological polar surface area (TPSA) is 68.1 Å². The highest BCUT2D eigenvalue weighted by molar-refractivity contribution is 5.89. The summed E-state index contributed by atoms with van der Waals surface area (Å²) in [4.78, 5) is 14.6. The molecule has 0 spiro atoms. The predicted octanol–water partition coefficient (Wildman–Crippen LogP) is 1.40. The van der Waals surface area contributed by atoms with Gasteiger partial charge in [0.1, 0.15) is 6.26 Å². The first-order chi connectivity index (χ1) is 6.61. The number of hydrogen-bond acceptors (Lipinski definition) is 5. The summed E-state index contributed by atoms with van der Waals surface area (Å²) < 4.78 is 9.57. The Morgan fingerprint density at radius 3 is 2.64 bits per heavy atom. The van der Waals surface area contributed by atoms with Crippen molar-refractivity contribution in [3.05, 3.63) is 12.0 Å². The van der Waals surface area contributed by atoms with Crippen molar-refractivity contribution in [1.82, 2.24) is 0 Å². The summed E-state index contributed by atoms with van der Waals surface area (Å²) >= 11 is 0. The van der Waals surface area contributed by atoms with Crippen LogP contribution in [0.3, 0.4) is 0 Å². The number of rotatable bonds is 5. The number of esters is 1. The van der Waals surface area contributed by atoms with Gasteiger partial charge >= 0.3 is 5.97 Å². The van der Waals surface area contributed by atoms with Crippen LogP contribution in [0.25, 0.3) is 0 Å². The van der Waals surface area contributed by atoms with Crippen molar-refractivity contribution in [1.29, 1.82) is 0 Å². The van der Waals surface area contributed by atoms with Crippen molar-refractivity contribution in [2.75, 3.05) is 6.61 Å². The lowest BCUT2D eigenvalue weighted by Crippen LogP contribution is -2.07. The number of carbonyl (C=O) groups is 1. The molecule has 0 aliphatic carbocycles. The highest BCUT2D eigenvalue weighted by Crippen LogP contribution is 1.98. The lowest BCUT2D eigenvalue weighted by atomic mass is 10.5. The first-order valence-corrected chi connectivity index (χ1v) is 4.31. The molecule has 80 valence electrons. The van der Waals surface area contributed by atoms with Crippen molar-refractivity contribution >= 4 is 12.4 Å². The van der Waals surface area contributed by atoms with Crippen molar-refractivity contribution < 1.29 is 19.4 Å². The Kier molecular flexibility index (Phi) is 6.19. The molecule has 1 N–H and O–H groups in total. The number of hydrogen-bond donors (Lipinski definition) is 1. The number of carbonyl (C=O) groups excluding carboxylic acids is 1. The smallest absolute Gasteiger partial charge is 0.360 e. The minimum absolute atomic E-state index is 0.0270. The Balaban J connectivity index is 4.17. The summed E-state index contributed by atoms with van der Waals surface area (Å²) in [6.07, 6.45) is 1.66. The molecule has 0 aliphatic heterocycles. The number of nitrogens with zero attached hydrogens (tertiary/aromatic N) is 1. The van der Waals surface area contributed by atoms with E-state index in [1.54, 1.807) is 6.92 Å². The van der Waals surface area contributed by atoms with Gasteiger partial charge in [0.25, 0.3) is 0 Å². The third-order valence-electron chi connectivity index (χ3n) is 1.13. The fourth-order valence-electron chi connectivity index (χ4n) is 0.553. The standard InChI is InChI=1S/C9H15NO4/c1-4-13-9(12)8(5-11)10-6-14-7(2)3/h5-7,11H,4H2,1-3H3/b8-5-,10-6?. The Labute approximate surface area is 83.0 Å². The molecule has 0 aromatic carbocycles. The molecule has 0 aromatic rings. The maximum atomic E-state index is 11.0. The highest BCUT2D eigenvalue weighted by Gasteiger charge is 2.08. The van der Waals surface area contributed by atoms with E-state index in [9.17, 15) is 4.79 Å². The molecule has 0 aliphatic rings. The molecule has 5 nitrogen and oxygen atoms in total. The first kappa shape index (κ1) is 12.5. The zero-order chi connectivity index (χ0) is 11.0. The number of aliphatic hydroxyl groups excluding tert-OH is 1. The van der Waals surface area contributed by atoms with Crippen LogP contribution in [0.1, 0.15) is 20.8 Å². The van der Waals surface area contributed by atoms with Gasteiger partial charge in [-0.1, -0.05) is 0 Å². The normalized spacial score (nSPS) is 12.1. The van der Waals surface area contributed by atoms with Crippen LogP contribution in [-0.4, -0.2) is 30.2 Å². The molecule has 0 amide bonds. The van der Waals surface area contributed by atoms with E-state index in [2.05, 4.69) is 9.73 Å². The Morgan fingerprint density at radius 2 is 2.21 bits per heavy atom. The molecule has 0 heterocycles. The monoisotopic (exact) mass is 201 g/mol. The molecule has 0 fully saturated rings. The van der Waals surface area contributed by atoms with Crippen molar-refractivity contribution in [3.63, 3.8) is 0 Å². The van der Waals surface area contributed by atoms with Gasteiger partial charge in [0.05, 0.1) is 12.7 Å². The van der Waals surface area contributed by atoms with Crippen LogP contribution in [0.4, 0.5) is 0 Å². The summed E-state index contributed by atoms with van der Waals surface area (Å²) in [5.74, 6) is -0.682. The van der Waals surface area contributed by atoms with Gasteiger partial charge in [0.15, 0.2) is 12.1 Å². The van der Waals surface area contributed by atoms with Crippen LogP contribution in [0.15, 0.2) is 17.0 Å². The molecule has 0 saturated carbocycles. The van der Waals surface area contributed by atoms with Crippen molar-refractivity contribution in [2.45, 2.75) is 26.9 Å². The molecule has 0 aromatic heterocycles. The second kappa shape index (κ2) is 6.94. The summed E-state index contributed by atoms with van der Waals surface area (Å²) in [5, 5.41) is 8.66. The summed E-state index contributed by atoms with van der Waals surface area (Å²) in [6.45, 7) is 5.54. The molecule has 0 rings (SSSR count).